The van der Waals surface area contributed by atoms with Gasteiger partial charge in [0, 0.05) is 19.7 Å². The number of carbonyl (C=O) groups excluding carboxylic acids is 1. The molecule has 1 rings (SSSR count). The summed E-state index contributed by atoms with van der Waals surface area (Å²) in [6.07, 6.45) is 4.14. The summed E-state index contributed by atoms with van der Waals surface area (Å²) in [7, 11) is 1.97. The molecule has 1 unspecified atom stereocenters. The highest BCUT2D eigenvalue weighted by atomic mass is 16.7. The zero-order chi connectivity index (χ0) is 11.8. The van der Waals surface area contributed by atoms with Crippen molar-refractivity contribution in [1.29, 1.82) is 0 Å². The Kier molecular flexibility index (Phi) is 6.32. The number of hydrogen-bond donors (Lipinski definition) is 2. The topological polar surface area (TPSA) is 76.8 Å². The molecule has 0 radical (unpaired) electrons. The SMILES string of the molecule is CN(CCC(=O)ONN)CC1CCCCO1. The van der Waals surface area contributed by atoms with Gasteiger partial charge in [0.1, 0.15) is 0 Å². The summed E-state index contributed by atoms with van der Waals surface area (Å²) in [6.45, 7) is 2.38. The molecule has 1 fully saturated rings. The van der Waals surface area contributed by atoms with E-state index in [4.69, 9.17) is 10.6 Å². The van der Waals surface area contributed by atoms with Crippen molar-refractivity contribution >= 4 is 5.97 Å². The molecule has 0 aliphatic carbocycles. The summed E-state index contributed by atoms with van der Waals surface area (Å²) in [5, 5.41) is 0. The normalized spacial score (nSPS) is 21.1. The Bertz CT molecular complexity index is 207. The van der Waals surface area contributed by atoms with Crippen LogP contribution in [0.25, 0.3) is 0 Å². The highest BCUT2D eigenvalue weighted by Crippen LogP contribution is 2.13. The summed E-state index contributed by atoms with van der Waals surface area (Å²) in [4.78, 5) is 17.5. The number of carbonyl (C=O) groups is 1. The lowest BCUT2D eigenvalue weighted by molar-refractivity contribution is -0.151. The number of likely N-dealkylation sites (N-methyl/N-ethyl adjacent to an activating group) is 1. The maximum absolute atomic E-state index is 11.0. The number of ether oxygens (including phenoxy) is 1. The van der Waals surface area contributed by atoms with Gasteiger partial charge in [-0.15, -0.1) is 0 Å². The molecule has 0 aromatic carbocycles. The third-order valence-corrected chi connectivity index (χ3v) is 2.66. The molecule has 94 valence electrons. The number of nitrogens with two attached hydrogens (primary N) is 1. The van der Waals surface area contributed by atoms with Crippen LogP contribution in [0.3, 0.4) is 0 Å². The second-order valence-corrected chi connectivity index (χ2v) is 4.09. The van der Waals surface area contributed by atoms with Crippen molar-refractivity contribution in [3.63, 3.8) is 0 Å². The molecular formula is C10H21N3O3. The Hall–Kier alpha value is -0.690. The van der Waals surface area contributed by atoms with Gasteiger partial charge in [-0.1, -0.05) is 5.59 Å². The molecule has 6 heteroatoms. The largest absolute Gasteiger partial charge is 0.377 e. The van der Waals surface area contributed by atoms with Gasteiger partial charge >= 0.3 is 5.97 Å². The summed E-state index contributed by atoms with van der Waals surface area (Å²) < 4.78 is 5.61. The van der Waals surface area contributed by atoms with E-state index in [0.29, 0.717) is 19.1 Å². The van der Waals surface area contributed by atoms with Crippen LogP contribution in [0.15, 0.2) is 0 Å². The van der Waals surface area contributed by atoms with E-state index in [-0.39, 0.29) is 5.97 Å². The first kappa shape index (κ1) is 13.4. The highest BCUT2D eigenvalue weighted by Gasteiger charge is 2.16. The predicted octanol–water partition coefficient (Wildman–Crippen LogP) is -0.201. The molecule has 1 aliphatic heterocycles. The van der Waals surface area contributed by atoms with E-state index in [2.05, 4.69) is 9.74 Å². The van der Waals surface area contributed by atoms with Gasteiger partial charge in [0.05, 0.1) is 12.5 Å². The van der Waals surface area contributed by atoms with Gasteiger partial charge in [-0.05, 0) is 26.3 Å². The van der Waals surface area contributed by atoms with Crippen molar-refractivity contribution in [2.75, 3.05) is 26.7 Å². The predicted molar refractivity (Wildman–Crippen MR) is 59.1 cm³/mol. The number of hydrogen-bond acceptors (Lipinski definition) is 6. The van der Waals surface area contributed by atoms with Gasteiger partial charge in [0.15, 0.2) is 0 Å². The van der Waals surface area contributed by atoms with Crippen LogP contribution in [-0.4, -0.2) is 43.7 Å². The third kappa shape index (κ3) is 5.41. The molecule has 0 aromatic heterocycles. The first-order chi connectivity index (χ1) is 7.72. The fourth-order valence-electron chi connectivity index (χ4n) is 1.79. The molecule has 1 aliphatic rings. The summed E-state index contributed by atoms with van der Waals surface area (Å²) in [6, 6.07) is 0. The monoisotopic (exact) mass is 231 g/mol. The summed E-state index contributed by atoms with van der Waals surface area (Å²) >= 11 is 0. The maximum atomic E-state index is 11.0. The molecule has 6 nitrogen and oxygen atoms in total. The van der Waals surface area contributed by atoms with Crippen molar-refractivity contribution in [3.8, 4) is 0 Å². The van der Waals surface area contributed by atoms with E-state index < -0.39 is 0 Å². The van der Waals surface area contributed by atoms with Crippen LogP contribution < -0.4 is 11.4 Å². The smallest absolute Gasteiger partial charge is 0.327 e. The lowest BCUT2D eigenvalue weighted by atomic mass is 10.1. The third-order valence-electron chi connectivity index (χ3n) is 2.66. The van der Waals surface area contributed by atoms with Crippen LogP contribution in [0.1, 0.15) is 25.7 Å². The number of nitrogens with zero attached hydrogens (tertiary/aromatic N) is 1. The Balaban J connectivity index is 2.09. The standard InChI is InChI=1S/C10H21N3O3/c1-13(6-5-10(14)16-12-11)8-9-4-2-3-7-15-9/h9,12H,2-8,11H2,1H3. The summed E-state index contributed by atoms with van der Waals surface area (Å²) in [5.74, 6) is 4.51. The quantitative estimate of drug-likeness (QED) is 0.487. The fraction of sp³-hybridized carbons (Fsp3) is 0.900. The van der Waals surface area contributed by atoms with Crippen LogP contribution in [-0.2, 0) is 14.4 Å². The second kappa shape index (κ2) is 7.56. The molecule has 0 aromatic rings. The van der Waals surface area contributed by atoms with Gasteiger partial charge in [0.2, 0.25) is 0 Å². The molecule has 1 atom stereocenters. The highest BCUT2D eigenvalue weighted by molar-refractivity contribution is 5.69. The first-order valence-corrected chi connectivity index (χ1v) is 5.68. The summed E-state index contributed by atoms with van der Waals surface area (Å²) in [5.41, 5.74) is 1.88. The zero-order valence-corrected chi connectivity index (χ0v) is 9.78. The van der Waals surface area contributed by atoms with Crippen molar-refractivity contribution in [1.82, 2.24) is 10.5 Å². The molecule has 3 N–H and O–H groups in total. The van der Waals surface area contributed by atoms with Crippen molar-refractivity contribution < 1.29 is 14.4 Å². The van der Waals surface area contributed by atoms with Crippen molar-refractivity contribution in [2.45, 2.75) is 31.8 Å². The van der Waals surface area contributed by atoms with E-state index in [9.17, 15) is 4.79 Å². The van der Waals surface area contributed by atoms with E-state index in [1.165, 1.54) is 6.42 Å². The Morgan fingerprint density at radius 1 is 1.62 bits per heavy atom. The average Bonchev–Trinajstić information content (AvgIpc) is 2.28. The van der Waals surface area contributed by atoms with Gasteiger partial charge < -0.3 is 14.5 Å². The van der Waals surface area contributed by atoms with E-state index in [0.717, 1.165) is 26.0 Å². The molecular weight excluding hydrogens is 210 g/mol. The minimum Gasteiger partial charge on any atom is -0.377 e. The van der Waals surface area contributed by atoms with Crippen LogP contribution in [0.2, 0.25) is 0 Å². The molecule has 0 spiro atoms. The average molecular weight is 231 g/mol. The van der Waals surface area contributed by atoms with Gasteiger partial charge in [-0.25, -0.2) is 5.84 Å². The lowest BCUT2D eigenvalue weighted by Crippen LogP contribution is -2.35. The number of rotatable bonds is 6. The molecule has 1 heterocycles. The Morgan fingerprint density at radius 2 is 2.44 bits per heavy atom. The van der Waals surface area contributed by atoms with Crippen LogP contribution in [0.5, 0.6) is 0 Å². The Labute approximate surface area is 96.0 Å². The van der Waals surface area contributed by atoms with Crippen LogP contribution in [0, 0.1) is 0 Å². The molecule has 16 heavy (non-hydrogen) atoms. The van der Waals surface area contributed by atoms with Crippen molar-refractivity contribution in [3.05, 3.63) is 0 Å². The Morgan fingerprint density at radius 3 is 3.06 bits per heavy atom. The molecule has 0 bridgehead atoms. The minimum atomic E-state index is -0.348. The first-order valence-electron chi connectivity index (χ1n) is 5.68. The van der Waals surface area contributed by atoms with Gasteiger partial charge in [0.25, 0.3) is 0 Å². The number of nitrogens with one attached hydrogen (secondary N) is 1. The van der Waals surface area contributed by atoms with E-state index in [1.807, 2.05) is 12.6 Å². The van der Waals surface area contributed by atoms with Crippen LogP contribution >= 0.6 is 0 Å². The van der Waals surface area contributed by atoms with Gasteiger partial charge in [-0.3, -0.25) is 4.79 Å². The lowest BCUT2D eigenvalue weighted by Gasteiger charge is -2.27. The second-order valence-electron chi connectivity index (χ2n) is 4.09. The number of hydrazine groups is 1. The van der Waals surface area contributed by atoms with E-state index >= 15 is 0 Å². The molecule has 0 amide bonds. The maximum Gasteiger partial charge on any atom is 0.327 e. The molecule has 0 saturated carbocycles. The van der Waals surface area contributed by atoms with E-state index in [1.54, 1.807) is 0 Å². The zero-order valence-electron chi connectivity index (χ0n) is 9.78. The fourth-order valence-corrected chi connectivity index (χ4v) is 1.79. The van der Waals surface area contributed by atoms with Crippen LogP contribution in [0.4, 0.5) is 0 Å². The minimum absolute atomic E-state index is 0.308. The van der Waals surface area contributed by atoms with Gasteiger partial charge in [-0.2, -0.15) is 0 Å². The van der Waals surface area contributed by atoms with Crippen molar-refractivity contribution in [2.24, 2.45) is 5.84 Å². The molecule has 1 saturated heterocycles.